The van der Waals surface area contributed by atoms with Crippen LogP contribution in [0, 0.1) is 10.1 Å². The monoisotopic (exact) mass is 399 g/mol. The first-order valence-corrected chi connectivity index (χ1v) is 8.74. The third-order valence-corrected chi connectivity index (χ3v) is 4.61. The molecular weight excluding hydrogens is 386 g/mol. The number of amides is 3. The Labute approximate surface area is 162 Å². The van der Waals surface area contributed by atoms with Gasteiger partial charge in [0.1, 0.15) is 12.3 Å². The highest BCUT2D eigenvalue weighted by Gasteiger charge is 2.36. The average Bonchev–Trinajstić information content (AvgIpc) is 2.91. The van der Waals surface area contributed by atoms with Crippen LogP contribution in [-0.4, -0.2) is 38.5 Å². The molecule has 3 rings (SSSR count). The molecule has 1 heterocycles. The van der Waals surface area contributed by atoms with Gasteiger partial charge in [-0.3, -0.25) is 29.4 Å². The number of anilines is 1. The first kappa shape index (κ1) is 19.1. The summed E-state index contributed by atoms with van der Waals surface area (Å²) in [5.74, 6) is -1.19. The highest BCUT2D eigenvalue weighted by Crippen LogP contribution is 2.32. The van der Waals surface area contributed by atoms with Crippen molar-refractivity contribution in [3.63, 3.8) is 0 Å². The summed E-state index contributed by atoms with van der Waals surface area (Å²) >= 11 is 0.657. The van der Waals surface area contributed by atoms with Crippen LogP contribution in [-0.2, 0) is 9.59 Å². The van der Waals surface area contributed by atoms with Crippen LogP contribution in [0.4, 0.5) is 16.2 Å². The number of carbonyl (C=O) groups excluding carboxylic acids is 3. The zero-order valence-corrected chi connectivity index (χ0v) is 15.0. The number of hydrogen-bond donors (Lipinski definition) is 2. The number of imide groups is 1. The van der Waals surface area contributed by atoms with Crippen LogP contribution < -0.4 is 5.32 Å². The van der Waals surface area contributed by atoms with Gasteiger partial charge < -0.3 is 10.4 Å². The van der Waals surface area contributed by atoms with Gasteiger partial charge in [0, 0.05) is 17.8 Å². The Kier molecular flexibility index (Phi) is 5.41. The molecule has 1 fully saturated rings. The van der Waals surface area contributed by atoms with Crippen molar-refractivity contribution in [2.24, 2.45) is 0 Å². The van der Waals surface area contributed by atoms with E-state index in [0.29, 0.717) is 23.0 Å². The molecule has 2 N–H and O–H groups in total. The molecule has 1 aliphatic rings. The molecule has 10 heteroatoms. The summed E-state index contributed by atoms with van der Waals surface area (Å²) < 4.78 is 0. The number of nitro groups is 1. The van der Waals surface area contributed by atoms with Crippen LogP contribution in [0.5, 0.6) is 5.75 Å². The molecule has 2 aromatic carbocycles. The van der Waals surface area contributed by atoms with Gasteiger partial charge in [-0.15, -0.1) is 0 Å². The molecule has 142 valence electrons. The van der Waals surface area contributed by atoms with Gasteiger partial charge in [0.15, 0.2) is 0 Å². The fraction of sp³-hybridized carbons (Fsp3) is 0.0556. The van der Waals surface area contributed by atoms with Gasteiger partial charge in [0.05, 0.1) is 9.83 Å². The molecule has 0 spiro atoms. The average molecular weight is 399 g/mol. The number of non-ortho nitro benzene ring substituents is 1. The SMILES string of the molecule is O=C(CN1C(=O)S/C(=C\c2cccc([N+](=O)[O-])c2)C1=O)Nc1ccc(O)cc1. The van der Waals surface area contributed by atoms with Gasteiger partial charge in [-0.05, 0) is 47.7 Å². The lowest BCUT2D eigenvalue weighted by Gasteiger charge is -2.12. The maximum atomic E-state index is 12.4. The highest BCUT2D eigenvalue weighted by molar-refractivity contribution is 8.18. The van der Waals surface area contributed by atoms with E-state index in [0.717, 1.165) is 4.90 Å². The molecule has 0 aromatic heterocycles. The molecule has 0 atom stereocenters. The first-order valence-electron chi connectivity index (χ1n) is 7.92. The smallest absolute Gasteiger partial charge is 0.294 e. The van der Waals surface area contributed by atoms with Gasteiger partial charge in [-0.2, -0.15) is 0 Å². The van der Waals surface area contributed by atoms with Gasteiger partial charge >= 0.3 is 0 Å². The molecule has 28 heavy (non-hydrogen) atoms. The third-order valence-electron chi connectivity index (χ3n) is 3.71. The van der Waals surface area contributed by atoms with Crippen molar-refractivity contribution >= 4 is 46.3 Å². The van der Waals surface area contributed by atoms with Crippen molar-refractivity contribution in [3.8, 4) is 5.75 Å². The topological polar surface area (TPSA) is 130 Å². The van der Waals surface area contributed by atoms with Gasteiger partial charge in [-0.1, -0.05) is 12.1 Å². The summed E-state index contributed by atoms with van der Waals surface area (Å²) in [4.78, 5) is 47.8. The number of carbonyl (C=O) groups is 3. The predicted molar refractivity (Wildman–Crippen MR) is 103 cm³/mol. The minimum absolute atomic E-state index is 0.0372. The van der Waals surface area contributed by atoms with Crippen molar-refractivity contribution in [1.82, 2.24) is 4.90 Å². The number of phenolic OH excluding ortho intramolecular Hbond substituents is 1. The number of nitrogens with zero attached hydrogens (tertiary/aromatic N) is 2. The molecule has 3 amide bonds. The third kappa shape index (κ3) is 4.35. The first-order chi connectivity index (χ1) is 13.3. The van der Waals surface area contributed by atoms with E-state index < -0.39 is 28.5 Å². The van der Waals surface area contributed by atoms with E-state index in [1.165, 1.54) is 48.5 Å². The summed E-state index contributed by atoms with van der Waals surface area (Å²) in [6.07, 6.45) is 1.37. The Balaban J connectivity index is 1.71. The summed E-state index contributed by atoms with van der Waals surface area (Å²) in [6.45, 7) is -0.474. The van der Waals surface area contributed by atoms with Gasteiger partial charge in [-0.25, -0.2) is 0 Å². The largest absolute Gasteiger partial charge is 0.508 e. The maximum Gasteiger partial charge on any atom is 0.294 e. The zero-order chi connectivity index (χ0) is 20.3. The van der Waals surface area contributed by atoms with E-state index in [1.807, 2.05) is 0 Å². The summed E-state index contributed by atoms with van der Waals surface area (Å²) in [6, 6.07) is 11.4. The number of thioether (sulfide) groups is 1. The lowest BCUT2D eigenvalue weighted by atomic mass is 10.2. The molecule has 0 radical (unpaired) electrons. The molecule has 0 unspecified atom stereocenters. The summed E-state index contributed by atoms with van der Waals surface area (Å²) in [5, 5.41) is 22.0. The minimum atomic E-state index is -0.651. The molecule has 9 nitrogen and oxygen atoms in total. The number of nitrogens with one attached hydrogen (secondary N) is 1. The highest BCUT2D eigenvalue weighted by atomic mass is 32.2. The molecule has 1 saturated heterocycles. The van der Waals surface area contributed by atoms with E-state index in [4.69, 9.17) is 0 Å². The van der Waals surface area contributed by atoms with Crippen LogP contribution in [0.2, 0.25) is 0 Å². The Morgan fingerprint density at radius 3 is 2.61 bits per heavy atom. The second-order valence-electron chi connectivity index (χ2n) is 5.72. The molecule has 0 aliphatic carbocycles. The molecule has 0 bridgehead atoms. The Morgan fingerprint density at radius 1 is 1.21 bits per heavy atom. The summed E-state index contributed by atoms with van der Waals surface area (Å²) in [7, 11) is 0. The molecule has 2 aromatic rings. The molecular formula is C18H13N3O6S. The Hall–Kier alpha value is -3.66. The van der Waals surface area contributed by atoms with E-state index in [2.05, 4.69) is 5.32 Å². The van der Waals surface area contributed by atoms with Crippen molar-refractivity contribution in [3.05, 3.63) is 69.1 Å². The van der Waals surface area contributed by atoms with Crippen molar-refractivity contribution < 1.29 is 24.4 Å². The summed E-state index contributed by atoms with van der Waals surface area (Å²) in [5.41, 5.74) is 0.663. The number of phenols is 1. The number of nitro benzene ring substituents is 1. The minimum Gasteiger partial charge on any atom is -0.508 e. The van der Waals surface area contributed by atoms with Crippen LogP contribution in [0.25, 0.3) is 6.08 Å². The van der Waals surface area contributed by atoms with E-state index in [1.54, 1.807) is 6.07 Å². The number of hydrogen-bond acceptors (Lipinski definition) is 7. The number of aromatic hydroxyl groups is 1. The maximum absolute atomic E-state index is 12.4. The molecule has 0 saturated carbocycles. The fourth-order valence-electron chi connectivity index (χ4n) is 2.40. The Bertz CT molecular complexity index is 1000. The second-order valence-corrected chi connectivity index (χ2v) is 6.71. The zero-order valence-electron chi connectivity index (χ0n) is 14.2. The quantitative estimate of drug-likeness (QED) is 0.342. The van der Waals surface area contributed by atoms with Gasteiger partial charge in [0.25, 0.3) is 16.8 Å². The molecule has 1 aliphatic heterocycles. The standard InChI is InChI=1S/C18H13N3O6S/c22-14-6-4-12(5-7-14)19-16(23)10-20-17(24)15(28-18(20)25)9-11-2-1-3-13(8-11)21(26)27/h1-9,22H,10H2,(H,19,23)/b15-9-. The van der Waals surface area contributed by atoms with Crippen LogP contribution in [0.1, 0.15) is 5.56 Å². The predicted octanol–water partition coefficient (Wildman–Crippen LogP) is 2.98. The van der Waals surface area contributed by atoms with Crippen LogP contribution >= 0.6 is 11.8 Å². The van der Waals surface area contributed by atoms with Crippen molar-refractivity contribution in [1.29, 1.82) is 0 Å². The van der Waals surface area contributed by atoms with Crippen LogP contribution in [0.3, 0.4) is 0 Å². The van der Waals surface area contributed by atoms with Crippen molar-refractivity contribution in [2.75, 3.05) is 11.9 Å². The lowest BCUT2D eigenvalue weighted by Crippen LogP contribution is -2.36. The van der Waals surface area contributed by atoms with E-state index in [-0.39, 0.29) is 16.3 Å². The van der Waals surface area contributed by atoms with E-state index >= 15 is 0 Å². The number of benzene rings is 2. The van der Waals surface area contributed by atoms with Crippen molar-refractivity contribution in [2.45, 2.75) is 0 Å². The normalized spacial score (nSPS) is 15.1. The Morgan fingerprint density at radius 2 is 1.93 bits per heavy atom. The fourth-order valence-corrected chi connectivity index (χ4v) is 3.24. The van der Waals surface area contributed by atoms with Gasteiger partial charge in [0.2, 0.25) is 5.91 Å². The second kappa shape index (κ2) is 7.92. The lowest BCUT2D eigenvalue weighted by molar-refractivity contribution is -0.384. The number of rotatable bonds is 5. The van der Waals surface area contributed by atoms with Crippen LogP contribution in [0.15, 0.2) is 53.4 Å². The van der Waals surface area contributed by atoms with E-state index in [9.17, 15) is 29.6 Å².